The molecule has 2 aromatic heterocycles. The van der Waals surface area contributed by atoms with E-state index in [-0.39, 0.29) is 42.5 Å². The monoisotopic (exact) mass is 659 g/mol. The van der Waals surface area contributed by atoms with E-state index in [1.807, 2.05) is 29.2 Å². The highest BCUT2D eigenvalue weighted by Gasteiger charge is 2.26. The van der Waals surface area contributed by atoms with Crippen LogP contribution in [0.1, 0.15) is 46.7 Å². The summed E-state index contributed by atoms with van der Waals surface area (Å²) < 4.78 is 7.88. The van der Waals surface area contributed by atoms with Gasteiger partial charge in [0, 0.05) is 62.8 Å². The number of aromatic nitrogens is 3. The Kier molecular flexibility index (Phi) is 8.62. The van der Waals surface area contributed by atoms with Gasteiger partial charge >= 0.3 is 0 Å². The number of hydrogen-bond donors (Lipinski definition) is 2. The number of amides is 3. The van der Waals surface area contributed by atoms with Crippen LogP contribution in [0.4, 0.5) is 11.5 Å². The van der Waals surface area contributed by atoms with Crippen molar-refractivity contribution in [3.05, 3.63) is 76.3 Å². The summed E-state index contributed by atoms with van der Waals surface area (Å²) in [6, 6.07) is 13.8. The molecule has 44 heavy (non-hydrogen) atoms. The molecule has 2 N–H and O–H groups in total. The number of nitrogens with one attached hydrogen (secondary N) is 2. The summed E-state index contributed by atoms with van der Waals surface area (Å²) in [6.45, 7) is 6.82. The molecule has 0 aliphatic carbocycles. The maximum Gasteiger partial charge on any atom is 0.271 e. The summed E-state index contributed by atoms with van der Waals surface area (Å²) in [5.74, 6) is 0.199. The molecule has 12 heteroatoms. The maximum atomic E-state index is 12.8. The van der Waals surface area contributed by atoms with Crippen LogP contribution >= 0.6 is 15.9 Å². The quantitative estimate of drug-likeness (QED) is 0.289. The molecule has 11 nitrogen and oxygen atoms in total. The molecule has 0 unspecified atom stereocenters. The molecular formula is C32H34BrN7O4. The molecule has 0 bridgehead atoms. The van der Waals surface area contributed by atoms with E-state index in [1.165, 1.54) is 0 Å². The molecule has 0 saturated carbocycles. The van der Waals surface area contributed by atoms with Crippen LogP contribution < -0.4 is 20.4 Å². The van der Waals surface area contributed by atoms with Crippen LogP contribution in [0.5, 0.6) is 0 Å². The number of benzene rings is 2. The molecule has 2 aromatic carbocycles. The zero-order valence-corrected chi connectivity index (χ0v) is 26.3. The Morgan fingerprint density at radius 2 is 1.66 bits per heavy atom. The first kappa shape index (κ1) is 29.8. The number of nitrogens with zero attached hydrogens (tertiary/aromatic N) is 5. The minimum Gasteiger partial charge on any atom is -0.378 e. The van der Waals surface area contributed by atoms with E-state index in [0.29, 0.717) is 47.9 Å². The first-order valence-corrected chi connectivity index (χ1v) is 15.6. The lowest BCUT2D eigenvalue weighted by molar-refractivity contribution is -0.117. The second-order valence-electron chi connectivity index (χ2n) is 11.1. The maximum absolute atomic E-state index is 12.8. The largest absolute Gasteiger partial charge is 0.378 e. The van der Waals surface area contributed by atoms with Crippen LogP contribution in [-0.2, 0) is 16.0 Å². The van der Waals surface area contributed by atoms with E-state index in [9.17, 15) is 14.4 Å². The second kappa shape index (κ2) is 12.7. The Labute approximate surface area is 263 Å². The van der Waals surface area contributed by atoms with E-state index >= 15 is 0 Å². The first-order chi connectivity index (χ1) is 21.3. The molecule has 3 amide bonds. The summed E-state index contributed by atoms with van der Waals surface area (Å²) in [7, 11) is 0. The zero-order valence-electron chi connectivity index (χ0n) is 24.7. The molecule has 0 radical (unpaired) electrons. The van der Waals surface area contributed by atoms with Gasteiger partial charge in [0.2, 0.25) is 5.91 Å². The molecule has 1 atom stereocenters. The lowest BCUT2D eigenvalue weighted by Gasteiger charge is -2.34. The van der Waals surface area contributed by atoms with Crippen molar-refractivity contribution in [3.8, 4) is 11.1 Å². The van der Waals surface area contributed by atoms with Crippen molar-refractivity contribution in [1.82, 2.24) is 25.0 Å². The average molecular weight is 661 g/mol. The predicted molar refractivity (Wildman–Crippen MR) is 171 cm³/mol. The fourth-order valence-electron chi connectivity index (χ4n) is 5.82. The van der Waals surface area contributed by atoms with Crippen LogP contribution in [0.15, 0.2) is 59.5 Å². The number of carbonyl (C=O) groups is 3. The van der Waals surface area contributed by atoms with Gasteiger partial charge in [-0.2, -0.15) is 0 Å². The highest BCUT2D eigenvalue weighted by molar-refractivity contribution is 9.10. The van der Waals surface area contributed by atoms with Gasteiger partial charge in [-0.25, -0.2) is 9.97 Å². The van der Waals surface area contributed by atoms with Crippen molar-refractivity contribution >= 4 is 50.8 Å². The minimum absolute atomic E-state index is 0.0559. The summed E-state index contributed by atoms with van der Waals surface area (Å²) in [4.78, 5) is 50.9. The highest BCUT2D eigenvalue weighted by Crippen LogP contribution is 2.34. The number of anilines is 2. The van der Waals surface area contributed by atoms with Gasteiger partial charge < -0.3 is 29.6 Å². The molecule has 2 aliphatic heterocycles. The molecule has 0 spiro atoms. The number of aryl methyl sites for hydroxylation is 1. The van der Waals surface area contributed by atoms with E-state index in [0.717, 1.165) is 35.2 Å². The fourth-order valence-corrected chi connectivity index (χ4v) is 6.21. The van der Waals surface area contributed by atoms with Crippen LogP contribution in [0.25, 0.3) is 16.8 Å². The van der Waals surface area contributed by atoms with Crippen LogP contribution in [0.3, 0.4) is 0 Å². The number of halogens is 1. The topological polar surface area (TPSA) is 121 Å². The van der Waals surface area contributed by atoms with Crippen LogP contribution in [-0.4, -0.2) is 77.5 Å². The van der Waals surface area contributed by atoms with Crippen LogP contribution in [0.2, 0.25) is 0 Å². The van der Waals surface area contributed by atoms with Crippen LogP contribution in [0, 0.1) is 0 Å². The molecule has 1 fully saturated rings. The van der Waals surface area contributed by atoms with Gasteiger partial charge in [-0.05, 0) is 76.7 Å². The zero-order chi connectivity index (χ0) is 30.8. The van der Waals surface area contributed by atoms with Gasteiger partial charge in [0.1, 0.15) is 10.3 Å². The number of ether oxygens (including phenoxy) is 1. The molecule has 1 saturated heterocycles. The highest BCUT2D eigenvalue weighted by atomic mass is 79.9. The van der Waals surface area contributed by atoms with E-state index in [1.54, 1.807) is 35.9 Å². The van der Waals surface area contributed by atoms with Gasteiger partial charge in [-0.1, -0.05) is 18.2 Å². The number of imidazole rings is 1. The number of hydrogen-bond acceptors (Lipinski definition) is 7. The normalized spacial score (nSPS) is 16.5. The van der Waals surface area contributed by atoms with Crippen molar-refractivity contribution < 1.29 is 19.1 Å². The Morgan fingerprint density at radius 1 is 0.955 bits per heavy atom. The van der Waals surface area contributed by atoms with E-state index in [4.69, 9.17) is 4.74 Å². The van der Waals surface area contributed by atoms with E-state index < -0.39 is 0 Å². The Bertz CT molecular complexity index is 1720. The van der Waals surface area contributed by atoms with Gasteiger partial charge in [0.15, 0.2) is 11.5 Å². The summed E-state index contributed by atoms with van der Waals surface area (Å²) in [5, 5.41) is 5.69. The summed E-state index contributed by atoms with van der Waals surface area (Å²) in [5.41, 5.74) is 5.58. The van der Waals surface area contributed by atoms with Crippen molar-refractivity contribution in [2.24, 2.45) is 0 Å². The molecular weight excluding hydrogens is 626 g/mol. The minimum atomic E-state index is -0.331. The lowest BCUT2D eigenvalue weighted by atomic mass is 9.93. The third-order valence-electron chi connectivity index (χ3n) is 8.06. The van der Waals surface area contributed by atoms with E-state index in [2.05, 4.69) is 54.4 Å². The molecule has 4 aromatic rings. The number of morpholine rings is 1. The Balaban J connectivity index is 1.03. The number of fused-ring (bicyclic) bond motifs is 2. The second-order valence-corrected chi connectivity index (χ2v) is 11.9. The third kappa shape index (κ3) is 6.18. The van der Waals surface area contributed by atoms with Crippen molar-refractivity contribution in [2.45, 2.75) is 32.7 Å². The average Bonchev–Trinajstić information content (AvgIpc) is 3.46. The standard InChI is InChI=1S/C32H34BrN7O4/c1-20-3-4-25-17-24(9-10-27(25)40(20)21(2)41)22-5-7-23(8-6-22)31(42)34-11-12-35-32(43)26-18-39-19-28(33)37-30(29(39)36-26)38-13-15-44-16-14-38/h5-10,17-20H,3-4,11-16H2,1-2H3,(H,34,42)(H,35,43)/t20-/m0/s1. The molecule has 228 valence electrons. The van der Waals surface area contributed by atoms with Gasteiger partial charge in [0.25, 0.3) is 11.8 Å². The van der Waals surface area contributed by atoms with Crippen molar-refractivity contribution in [3.63, 3.8) is 0 Å². The smallest absolute Gasteiger partial charge is 0.271 e. The van der Waals surface area contributed by atoms with Crippen molar-refractivity contribution in [1.29, 1.82) is 0 Å². The lowest BCUT2D eigenvalue weighted by Crippen LogP contribution is -2.40. The first-order valence-electron chi connectivity index (χ1n) is 14.8. The summed E-state index contributed by atoms with van der Waals surface area (Å²) in [6.07, 6.45) is 5.29. The SMILES string of the molecule is CC(=O)N1c2ccc(-c3ccc(C(=O)NCCNC(=O)c4cn5cc(Br)nc(N6CCOCC6)c5n4)cc3)cc2CC[C@@H]1C. The van der Waals surface area contributed by atoms with Gasteiger partial charge in [-0.3, -0.25) is 14.4 Å². The fraction of sp³-hybridized carbons (Fsp3) is 0.344. The van der Waals surface area contributed by atoms with Gasteiger partial charge in [0.05, 0.1) is 13.2 Å². The Hall–Kier alpha value is -4.29. The number of carbonyl (C=O) groups excluding carboxylic acids is 3. The van der Waals surface area contributed by atoms with Gasteiger partial charge in [-0.15, -0.1) is 0 Å². The number of rotatable bonds is 7. The molecule has 2 aliphatic rings. The van der Waals surface area contributed by atoms with Crippen molar-refractivity contribution in [2.75, 3.05) is 49.2 Å². The Morgan fingerprint density at radius 3 is 2.39 bits per heavy atom. The third-order valence-corrected chi connectivity index (χ3v) is 8.44. The summed E-state index contributed by atoms with van der Waals surface area (Å²) >= 11 is 3.45. The molecule has 6 rings (SSSR count). The predicted octanol–water partition coefficient (Wildman–Crippen LogP) is 3.84. The molecule has 4 heterocycles.